The van der Waals surface area contributed by atoms with Gasteiger partial charge in [0.2, 0.25) is 0 Å². The van der Waals surface area contributed by atoms with Crippen LogP contribution >= 0.6 is 11.6 Å². The fraction of sp³-hybridized carbons (Fsp3) is 0.455. The number of unbranched alkanes of at least 4 members (excludes halogenated alkanes) is 1. The number of ether oxygens (including phenoxy) is 1. The van der Waals surface area contributed by atoms with Crippen LogP contribution in [0.3, 0.4) is 0 Å². The summed E-state index contributed by atoms with van der Waals surface area (Å²) in [5.74, 6) is 0.900. The molecule has 3 nitrogen and oxygen atoms in total. The van der Waals surface area contributed by atoms with E-state index in [-0.39, 0.29) is 17.0 Å². The first-order valence-electron chi connectivity index (χ1n) is 9.68. The third kappa shape index (κ3) is 4.44. The Morgan fingerprint density at radius 1 is 1.07 bits per heavy atom. The lowest BCUT2D eigenvalue weighted by atomic mass is 10.0. The van der Waals surface area contributed by atoms with Gasteiger partial charge in [-0.15, -0.1) is 0 Å². The molecule has 3 aromatic rings. The number of hydrogen-bond donors (Lipinski definition) is 0. The Morgan fingerprint density at radius 2 is 1.74 bits per heavy atom. The van der Waals surface area contributed by atoms with Gasteiger partial charge >= 0.3 is 0 Å². The van der Waals surface area contributed by atoms with E-state index >= 15 is 0 Å². The number of nitrogens with zero attached hydrogens (tertiary/aromatic N) is 1. The Labute approximate surface area is 176 Å². The van der Waals surface area contributed by atoms with Crippen LogP contribution in [0.1, 0.15) is 32.6 Å². The smallest absolute Gasteiger partial charge is 0.139 e. The van der Waals surface area contributed by atoms with E-state index in [1.165, 1.54) is 37.0 Å². The maximum absolute atomic E-state index is 6.28. The van der Waals surface area contributed by atoms with Crippen molar-refractivity contribution in [3.05, 3.63) is 41.4 Å². The van der Waals surface area contributed by atoms with Crippen LogP contribution < -0.4 is 21.7 Å². The van der Waals surface area contributed by atoms with Crippen LogP contribution in [0, 0.1) is 0 Å². The number of halogens is 2. The highest BCUT2D eigenvalue weighted by atomic mass is 79.9. The van der Waals surface area contributed by atoms with E-state index in [0.717, 1.165) is 40.5 Å². The van der Waals surface area contributed by atoms with Crippen molar-refractivity contribution in [3.8, 4) is 5.75 Å². The molecule has 0 radical (unpaired) electrons. The van der Waals surface area contributed by atoms with Crippen molar-refractivity contribution >= 4 is 33.5 Å². The van der Waals surface area contributed by atoms with Gasteiger partial charge in [-0.05, 0) is 30.7 Å². The van der Waals surface area contributed by atoms with E-state index in [1.54, 1.807) is 0 Å². The maximum Gasteiger partial charge on any atom is 0.139 e. The van der Waals surface area contributed by atoms with Crippen molar-refractivity contribution in [3.63, 3.8) is 0 Å². The second kappa shape index (κ2) is 8.42. The monoisotopic (exact) mass is 451 g/mol. The highest BCUT2D eigenvalue weighted by molar-refractivity contribution is 6.31. The maximum atomic E-state index is 6.28. The predicted molar refractivity (Wildman–Crippen MR) is 108 cm³/mol. The molecule has 1 aliphatic heterocycles. The average Bonchev–Trinajstić information content (AvgIpc) is 2.98. The number of rotatable bonds is 5. The molecule has 1 fully saturated rings. The van der Waals surface area contributed by atoms with Crippen molar-refractivity contribution in [2.24, 2.45) is 0 Å². The zero-order chi connectivity index (χ0) is 18.1. The second-order valence-corrected chi connectivity index (χ2v) is 8.30. The van der Waals surface area contributed by atoms with Crippen LogP contribution in [0.4, 0.5) is 0 Å². The van der Waals surface area contributed by atoms with Gasteiger partial charge in [0.05, 0.1) is 26.7 Å². The molecule has 146 valence electrons. The molecule has 0 aliphatic carbocycles. The minimum atomic E-state index is 0. The quantitative estimate of drug-likeness (QED) is 0.555. The number of likely N-dealkylation sites (tertiary alicyclic amines) is 1. The largest absolute Gasteiger partial charge is 1.00 e. The molecule has 0 spiro atoms. The molecule has 0 amide bonds. The van der Waals surface area contributed by atoms with Gasteiger partial charge in [-0.2, -0.15) is 0 Å². The van der Waals surface area contributed by atoms with Gasteiger partial charge in [0.25, 0.3) is 0 Å². The second-order valence-electron chi connectivity index (χ2n) is 7.86. The van der Waals surface area contributed by atoms with E-state index in [1.807, 2.05) is 24.3 Å². The predicted octanol–water partition coefficient (Wildman–Crippen LogP) is 3.03. The summed E-state index contributed by atoms with van der Waals surface area (Å²) >= 11 is 6.07. The molecule has 0 saturated carbocycles. The van der Waals surface area contributed by atoms with Crippen molar-refractivity contribution in [2.45, 2.75) is 38.7 Å². The van der Waals surface area contributed by atoms with E-state index in [9.17, 15) is 0 Å². The molecule has 1 aliphatic rings. The summed E-state index contributed by atoms with van der Waals surface area (Å²) in [4.78, 5) is 0. The molecule has 27 heavy (non-hydrogen) atoms. The SMILES string of the molecule is CCCC[N+]1(C)CCC(Oc2ccc3c(c2)oc2cc(Cl)ccc23)CC1.[Br-]. The van der Waals surface area contributed by atoms with Crippen LogP contribution in [-0.2, 0) is 0 Å². The number of quaternary nitrogens is 1. The lowest BCUT2D eigenvalue weighted by Crippen LogP contribution is -3.00. The Balaban J connectivity index is 0.00000210. The fourth-order valence-electron chi connectivity index (χ4n) is 4.05. The first-order chi connectivity index (χ1) is 12.6. The Bertz CT molecular complexity index is 915. The molecule has 0 unspecified atom stereocenters. The van der Waals surface area contributed by atoms with Crippen molar-refractivity contribution in [1.82, 2.24) is 0 Å². The molecule has 2 aromatic carbocycles. The van der Waals surface area contributed by atoms with Gasteiger partial charge in [-0.25, -0.2) is 0 Å². The summed E-state index contributed by atoms with van der Waals surface area (Å²) in [7, 11) is 2.39. The number of piperidine rings is 1. The third-order valence-electron chi connectivity index (χ3n) is 5.74. The van der Waals surface area contributed by atoms with Crippen LogP contribution in [-0.4, -0.2) is 37.3 Å². The number of furan rings is 1. The van der Waals surface area contributed by atoms with Gasteiger partial charge in [-0.3, -0.25) is 0 Å². The Morgan fingerprint density at radius 3 is 2.44 bits per heavy atom. The molecular formula is C22H27BrClNO2. The van der Waals surface area contributed by atoms with Crippen LogP contribution in [0.5, 0.6) is 5.75 Å². The first-order valence-corrected chi connectivity index (χ1v) is 10.1. The Hall–Kier alpha value is -1.23. The van der Waals surface area contributed by atoms with Crippen LogP contribution in [0.25, 0.3) is 21.9 Å². The minimum Gasteiger partial charge on any atom is -1.00 e. The molecule has 2 heterocycles. The number of benzene rings is 2. The Kier molecular flexibility index (Phi) is 6.39. The van der Waals surface area contributed by atoms with Crippen molar-refractivity contribution < 1.29 is 30.6 Å². The third-order valence-corrected chi connectivity index (χ3v) is 5.98. The molecule has 0 bridgehead atoms. The molecular weight excluding hydrogens is 426 g/mol. The number of hydrogen-bond acceptors (Lipinski definition) is 2. The lowest BCUT2D eigenvalue weighted by Gasteiger charge is -2.40. The molecule has 1 aromatic heterocycles. The van der Waals surface area contributed by atoms with Gasteiger partial charge in [-0.1, -0.05) is 24.9 Å². The van der Waals surface area contributed by atoms with Gasteiger partial charge in [0, 0.05) is 40.8 Å². The van der Waals surface area contributed by atoms with E-state index in [4.69, 9.17) is 20.8 Å². The summed E-state index contributed by atoms with van der Waals surface area (Å²) in [6.07, 6.45) is 5.13. The lowest BCUT2D eigenvalue weighted by molar-refractivity contribution is -0.915. The normalized spacial score (nSPS) is 22.7. The fourth-order valence-corrected chi connectivity index (χ4v) is 4.21. The van der Waals surface area contributed by atoms with Crippen LogP contribution in [0.15, 0.2) is 40.8 Å². The van der Waals surface area contributed by atoms with Gasteiger partial charge in [0.15, 0.2) is 0 Å². The molecule has 0 atom stereocenters. The first kappa shape index (κ1) is 20.5. The summed E-state index contributed by atoms with van der Waals surface area (Å²) in [5, 5.41) is 2.90. The van der Waals surface area contributed by atoms with Crippen molar-refractivity contribution in [2.75, 3.05) is 26.7 Å². The molecule has 5 heteroatoms. The molecule has 1 saturated heterocycles. The standard InChI is InChI=1S/C22H27ClNO2.BrH/c1-3-4-11-24(2)12-9-17(10-13-24)25-18-6-8-20-19-7-5-16(23)14-21(19)26-22(20)15-18;/h5-8,14-15,17H,3-4,9-13H2,1-2H3;1H/q+1;/p-1. The van der Waals surface area contributed by atoms with Crippen LogP contribution in [0.2, 0.25) is 5.02 Å². The summed E-state index contributed by atoms with van der Waals surface area (Å²) < 4.78 is 13.4. The van der Waals surface area contributed by atoms with E-state index < -0.39 is 0 Å². The van der Waals surface area contributed by atoms with Crippen molar-refractivity contribution in [1.29, 1.82) is 0 Å². The number of fused-ring (bicyclic) bond motifs is 3. The zero-order valence-electron chi connectivity index (χ0n) is 16.0. The summed E-state index contributed by atoms with van der Waals surface area (Å²) in [5.41, 5.74) is 1.69. The molecule has 0 N–H and O–H groups in total. The average molecular weight is 453 g/mol. The van der Waals surface area contributed by atoms with E-state index in [2.05, 4.69) is 26.1 Å². The summed E-state index contributed by atoms with van der Waals surface area (Å²) in [6, 6.07) is 12.0. The summed E-state index contributed by atoms with van der Waals surface area (Å²) in [6.45, 7) is 5.97. The highest BCUT2D eigenvalue weighted by Crippen LogP contribution is 2.33. The topological polar surface area (TPSA) is 22.4 Å². The van der Waals surface area contributed by atoms with Gasteiger partial charge in [0.1, 0.15) is 23.0 Å². The highest BCUT2D eigenvalue weighted by Gasteiger charge is 2.30. The van der Waals surface area contributed by atoms with E-state index in [0.29, 0.717) is 11.1 Å². The minimum absolute atomic E-state index is 0. The molecule has 4 rings (SSSR count). The zero-order valence-corrected chi connectivity index (χ0v) is 18.4. The van der Waals surface area contributed by atoms with Gasteiger partial charge < -0.3 is 30.6 Å².